The number of nitrogens with zero attached hydrogens (tertiary/aromatic N) is 1. The molecule has 4 nitrogen and oxygen atoms in total. The van der Waals surface area contributed by atoms with Gasteiger partial charge >= 0.3 is 0 Å². The molecule has 0 radical (unpaired) electrons. The number of rotatable bonds is 5. The predicted octanol–water partition coefficient (Wildman–Crippen LogP) is 3.94. The zero-order chi connectivity index (χ0) is 16.8. The van der Waals surface area contributed by atoms with Crippen molar-refractivity contribution in [3.8, 4) is 0 Å². The molecule has 1 amide bonds. The zero-order valence-corrected chi connectivity index (χ0v) is 14.3. The third-order valence-electron chi connectivity index (χ3n) is 4.69. The minimum atomic E-state index is -0.0231. The topological polar surface area (TPSA) is 45.5 Å². The van der Waals surface area contributed by atoms with Gasteiger partial charge in [0.15, 0.2) is 0 Å². The lowest BCUT2D eigenvalue weighted by Gasteiger charge is -2.29. The number of carbonyl (C=O) groups excluding carboxylic acids is 1. The van der Waals surface area contributed by atoms with Gasteiger partial charge < -0.3 is 9.73 Å². The molecule has 4 heteroatoms. The summed E-state index contributed by atoms with van der Waals surface area (Å²) in [5.41, 5.74) is 1.81. The van der Waals surface area contributed by atoms with Crippen LogP contribution >= 0.6 is 0 Å². The number of hydrogen-bond acceptors (Lipinski definition) is 3. The molecule has 2 aromatic rings. The van der Waals surface area contributed by atoms with Crippen LogP contribution in [0.2, 0.25) is 0 Å². The molecule has 1 fully saturated rings. The highest BCUT2D eigenvalue weighted by molar-refractivity contribution is 5.94. The van der Waals surface area contributed by atoms with Crippen LogP contribution < -0.4 is 5.32 Å². The Morgan fingerprint density at radius 3 is 2.62 bits per heavy atom. The maximum absolute atomic E-state index is 12.5. The van der Waals surface area contributed by atoms with Gasteiger partial charge in [-0.25, -0.2) is 0 Å². The number of aryl methyl sites for hydroxylation is 1. The molecule has 1 unspecified atom stereocenters. The Bertz CT molecular complexity index is 643. The lowest BCUT2D eigenvalue weighted by molar-refractivity contribution is 0.0927. The number of likely N-dealkylation sites (tertiary alicyclic amines) is 1. The Labute approximate surface area is 143 Å². The smallest absolute Gasteiger partial charge is 0.251 e. The molecule has 0 bridgehead atoms. The average Bonchev–Trinajstić information content (AvgIpc) is 2.98. The number of nitrogens with one attached hydrogen (secondary N) is 1. The lowest BCUT2D eigenvalue weighted by atomic mass is 10.1. The summed E-state index contributed by atoms with van der Waals surface area (Å²) in [5, 5.41) is 3.09. The second-order valence-corrected chi connectivity index (χ2v) is 6.56. The van der Waals surface area contributed by atoms with E-state index < -0.39 is 0 Å². The third kappa shape index (κ3) is 4.26. The van der Waals surface area contributed by atoms with Crippen molar-refractivity contribution in [1.29, 1.82) is 0 Å². The van der Waals surface area contributed by atoms with Crippen LogP contribution in [0.15, 0.2) is 47.1 Å². The van der Waals surface area contributed by atoms with E-state index in [1.54, 1.807) is 6.26 Å². The summed E-state index contributed by atoms with van der Waals surface area (Å²) < 4.78 is 5.65. The maximum atomic E-state index is 12.5. The second-order valence-electron chi connectivity index (χ2n) is 6.56. The van der Waals surface area contributed by atoms with Crippen LogP contribution in [0.3, 0.4) is 0 Å². The number of amides is 1. The van der Waals surface area contributed by atoms with Gasteiger partial charge in [0.05, 0.1) is 12.3 Å². The van der Waals surface area contributed by atoms with Crippen LogP contribution in [0.5, 0.6) is 0 Å². The fourth-order valence-electron chi connectivity index (χ4n) is 3.38. The van der Waals surface area contributed by atoms with E-state index in [2.05, 4.69) is 10.2 Å². The molecule has 1 saturated heterocycles. The Morgan fingerprint density at radius 2 is 1.96 bits per heavy atom. The first kappa shape index (κ1) is 16.8. The Morgan fingerprint density at radius 1 is 1.17 bits per heavy atom. The van der Waals surface area contributed by atoms with Crippen LogP contribution in [0, 0.1) is 6.92 Å². The van der Waals surface area contributed by atoms with Crippen LogP contribution in [-0.4, -0.2) is 30.4 Å². The van der Waals surface area contributed by atoms with Gasteiger partial charge in [-0.05, 0) is 57.1 Å². The van der Waals surface area contributed by atoms with Crippen molar-refractivity contribution in [2.45, 2.75) is 38.6 Å². The van der Waals surface area contributed by atoms with Gasteiger partial charge in [-0.3, -0.25) is 9.69 Å². The molecular weight excluding hydrogens is 300 g/mol. The molecule has 1 aromatic carbocycles. The van der Waals surface area contributed by atoms with Crippen LogP contribution in [0.1, 0.15) is 53.4 Å². The first-order chi connectivity index (χ1) is 11.7. The van der Waals surface area contributed by atoms with Crippen LogP contribution in [-0.2, 0) is 0 Å². The van der Waals surface area contributed by atoms with E-state index in [-0.39, 0.29) is 11.9 Å². The van der Waals surface area contributed by atoms with Gasteiger partial charge in [0, 0.05) is 12.1 Å². The van der Waals surface area contributed by atoms with Crippen molar-refractivity contribution in [1.82, 2.24) is 10.2 Å². The minimum absolute atomic E-state index is 0.0231. The summed E-state index contributed by atoms with van der Waals surface area (Å²) >= 11 is 0. The largest absolute Gasteiger partial charge is 0.468 e. The molecule has 1 aliphatic heterocycles. The number of hydrogen-bond donors (Lipinski definition) is 1. The Hall–Kier alpha value is -2.07. The zero-order valence-electron chi connectivity index (χ0n) is 14.3. The van der Waals surface area contributed by atoms with Gasteiger partial charge in [0.25, 0.3) is 5.91 Å². The van der Waals surface area contributed by atoms with E-state index >= 15 is 0 Å². The van der Waals surface area contributed by atoms with Crippen molar-refractivity contribution in [3.05, 3.63) is 59.5 Å². The summed E-state index contributed by atoms with van der Waals surface area (Å²) in [5.74, 6) is 0.909. The second kappa shape index (κ2) is 8.15. The summed E-state index contributed by atoms with van der Waals surface area (Å²) in [7, 11) is 0. The normalized spacial score (nSPS) is 17.2. The molecule has 0 spiro atoms. The highest BCUT2D eigenvalue weighted by Gasteiger charge is 2.24. The minimum Gasteiger partial charge on any atom is -0.468 e. The highest BCUT2D eigenvalue weighted by Crippen LogP contribution is 2.24. The van der Waals surface area contributed by atoms with E-state index in [1.165, 1.54) is 25.7 Å². The number of carbonyl (C=O) groups is 1. The molecule has 0 saturated carbocycles. The van der Waals surface area contributed by atoms with Crippen LogP contribution in [0.4, 0.5) is 0 Å². The summed E-state index contributed by atoms with van der Waals surface area (Å²) in [6.45, 7) is 4.69. The monoisotopic (exact) mass is 326 g/mol. The standard InChI is InChI=1S/C20H26N2O2/c1-16-8-6-9-17(14-16)20(23)21-15-18(19-10-7-13-24-19)22-11-4-2-3-5-12-22/h6-10,13-14,18H,2-5,11-12,15H2,1H3,(H,21,23). The molecule has 1 atom stereocenters. The first-order valence-corrected chi connectivity index (χ1v) is 8.86. The van der Waals surface area contributed by atoms with Gasteiger partial charge in [0.2, 0.25) is 0 Å². The van der Waals surface area contributed by atoms with Crippen molar-refractivity contribution >= 4 is 5.91 Å². The quantitative estimate of drug-likeness (QED) is 0.905. The molecule has 1 aromatic heterocycles. The lowest BCUT2D eigenvalue weighted by Crippen LogP contribution is -2.38. The average molecular weight is 326 g/mol. The molecule has 1 aliphatic rings. The SMILES string of the molecule is Cc1cccc(C(=O)NCC(c2ccco2)N2CCCCCC2)c1. The predicted molar refractivity (Wildman–Crippen MR) is 95.0 cm³/mol. The Balaban J connectivity index is 1.69. The van der Waals surface area contributed by atoms with Gasteiger partial charge in [-0.15, -0.1) is 0 Å². The van der Waals surface area contributed by atoms with E-state index in [0.717, 1.165) is 24.4 Å². The fourth-order valence-corrected chi connectivity index (χ4v) is 3.38. The molecule has 2 heterocycles. The van der Waals surface area contributed by atoms with Gasteiger partial charge in [-0.2, -0.15) is 0 Å². The van der Waals surface area contributed by atoms with Gasteiger partial charge in [-0.1, -0.05) is 30.5 Å². The molecule has 24 heavy (non-hydrogen) atoms. The third-order valence-corrected chi connectivity index (χ3v) is 4.69. The first-order valence-electron chi connectivity index (χ1n) is 8.86. The van der Waals surface area contributed by atoms with E-state index in [4.69, 9.17) is 4.42 Å². The molecular formula is C20H26N2O2. The maximum Gasteiger partial charge on any atom is 0.251 e. The van der Waals surface area contributed by atoms with Crippen LogP contribution in [0.25, 0.3) is 0 Å². The van der Waals surface area contributed by atoms with Crippen molar-refractivity contribution in [2.75, 3.05) is 19.6 Å². The van der Waals surface area contributed by atoms with Gasteiger partial charge in [0.1, 0.15) is 5.76 Å². The molecule has 128 valence electrons. The summed E-state index contributed by atoms with van der Waals surface area (Å²) in [6.07, 6.45) is 6.71. The van der Waals surface area contributed by atoms with Crippen molar-refractivity contribution < 1.29 is 9.21 Å². The Kier molecular flexibility index (Phi) is 5.70. The molecule has 3 rings (SSSR count). The van der Waals surface area contributed by atoms with E-state index in [9.17, 15) is 4.79 Å². The van der Waals surface area contributed by atoms with Crippen molar-refractivity contribution in [2.24, 2.45) is 0 Å². The number of benzene rings is 1. The van der Waals surface area contributed by atoms with E-state index in [1.807, 2.05) is 43.3 Å². The van der Waals surface area contributed by atoms with Crippen molar-refractivity contribution in [3.63, 3.8) is 0 Å². The highest BCUT2D eigenvalue weighted by atomic mass is 16.3. The molecule has 0 aliphatic carbocycles. The summed E-state index contributed by atoms with van der Waals surface area (Å²) in [6, 6.07) is 11.7. The summed E-state index contributed by atoms with van der Waals surface area (Å²) in [4.78, 5) is 14.9. The fraction of sp³-hybridized carbons (Fsp3) is 0.450. The number of furan rings is 1. The molecule has 1 N–H and O–H groups in total. The van der Waals surface area contributed by atoms with E-state index in [0.29, 0.717) is 12.1 Å².